The predicted octanol–water partition coefficient (Wildman–Crippen LogP) is 8.38. The summed E-state index contributed by atoms with van der Waals surface area (Å²) < 4.78 is 9.98. The Balaban J connectivity index is 0.000000242. The van der Waals surface area contributed by atoms with Gasteiger partial charge in [0.15, 0.2) is 9.60 Å². The van der Waals surface area contributed by atoms with Crippen LogP contribution in [-0.4, -0.2) is 80.6 Å². The van der Waals surface area contributed by atoms with Crippen molar-refractivity contribution in [1.82, 2.24) is 9.97 Å². The third kappa shape index (κ3) is 18.6. The Morgan fingerprint density at radius 3 is 1.40 bits per heavy atom. The first-order chi connectivity index (χ1) is 30.7. The second-order valence-corrected chi connectivity index (χ2v) is 16.3. The van der Waals surface area contributed by atoms with Crippen LogP contribution in [-0.2, 0) is 43.1 Å². The number of ether oxygens (including phenoxy) is 2. The lowest BCUT2D eigenvalue weighted by molar-refractivity contribution is -0.142. The number of benzene rings is 5. The van der Waals surface area contributed by atoms with E-state index in [1.807, 2.05) is 60.7 Å². The maximum absolute atomic E-state index is 12.1. The molecule has 0 unspecified atom stereocenters. The van der Waals surface area contributed by atoms with Crippen LogP contribution >= 0.6 is 46.7 Å². The van der Waals surface area contributed by atoms with Crippen LogP contribution in [0.25, 0.3) is 20.9 Å². The number of halogens is 2. The summed E-state index contributed by atoms with van der Waals surface area (Å²) in [5, 5.41) is 39.7. The van der Waals surface area contributed by atoms with Crippen LogP contribution in [0.4, 0.5) is 5.13 Å². The number of esters is 2. The number of hydrogen-bond acceptors (Lipinski definition) is 15. The number of hydrogen-bond donors (Lipinski definition) is 7. The molecule has 0 aliphatic heterocycles. The van der Waals surface area contributed by atoms with Gasteiger partial charge in [-0.05, 0) is 77.1 Å². The minimum Gasteiger partial charge on any atom is -0.508 e. The van der Waals surface area contributed by atoms with E-state index in [1.54, 1.807) is 73.1 Å². The molecule has 0 saturated heterocycles. The summed E-state index contributed by atoms with van der Waals surface area (Å²) >= 11 is 8.70. The van der Waals surface area contributed by atoms with E-state index in [0.29, 0.717) is 22.4 Å². The van der Waals surface area contributed by atoms with Crippen LogP contribution in [0.5, 0.6) is 17.2 Å². The standard InChI is InChI=1S/C19H18N2O3S.C10H13NO3.C9H6ClNS.C9H11NO3.ClH/c1-24-18(23)16(11-13-7-9-15(22)10-8-13)21-19-20-12-17(25-19)14-5-3-2-4-6-14;1-14-10(13)9(11)6-7-2-4-8(12)5-3-7;10-9-11-6-8(12-9)7-4-2-1-3-5-7;10-8(9(12)13)5-6-1-3-7(11)4-2-6;/h2-10,12,16,22H,11H2,1H3,(H,20,21);2-5,9,12H,6,11H2,1H3;1-6H;1-4,8,11H,5,10H2,(H,12,13);1H/t16-;9-;;8-;/m00.0./s1. The Morgan fingerprint density at radius 2 is 1.00 bits per heavy atom. The molecule has 3 atom stereocenters. The van der Waals surface area contributed by atoms with Gasteiger partial charge in [0.1, 0.15) is 35.4 Å². The van der Waals surface area contributed by atoms with Crippen LogP contribution in [0.1, 0.15) is 16.7 Å². The van der Waals surface area contributed by atoms with E-state index in [0.717, 1.165) is 32.0 Å². The first-order valence-electron chi connectivity index (χ1n) is 19.4. The largest absolute Gasteiger partial charge is 0.508 e. The van der Waals surface area contributed by atoms with Crippen LogP contribution in [0.2, 0.25) is 4.47 Å². The number of aromatic hydroxyl groups is 3. The van der Waals surface area contributed by atoms with E-state index >= 15 is 0 Å². The van der Waals surface area contributed by atoms with Crippen molar-refractivity contribution >= 4 is 69.7 Å². The summed E-state index contributed by atoms with van der Waals surface area (Å²) in [5.41, 5.74) is 15.7. The molecule has 14 nitrogen and oxygen atoms in total. The van der Waals surface area contributed by atoms with Gasteiger partial charge in [0, 0.05) is 18.8 Å². The van der Waals surface area contributed by atoms with Crippen LogP contribution in [0, 0.1) is 0 Å². The lowest BCUT2D eigenvalue weighted by atomic mass is 10.1. The molecule has 0 amide bonds. The van der Waals surface area contributed by atoms with Crippen LogP contribution in [0.3, 0.4) is 0 Å². The van der Waals surface area contributed by atoms with Gasteiger partial charge in [-0.3, -0.25) is 9.59 Å². The Bertz CT molecular complexity index is 2480. The minimum absolute atomic E-state index is 0. The van der Waals surface area contributed by atoms with Crippen molar-refractivity contribution in [3.63, 3.8) is 0 Å². The third-order valence-corrected chi connectivity index (χ3v) is 11.0. The predicted molar refractivity (Wildman–Crippen MR) is 258 cm³/mol. The molecule has 2 aromatic heterocycles. The smallest absolute Gasteiger partial charge is 0.328 e. The molecule has 5 aromatic carbocycles. The molecule has 0 aliphatic carbocycles. The van der Waals surface area contributed by atoms with Gasteiger partial charge >= 0.3 is 17.9 Å². The molecule has 7 rings (SSSR count). The number of methoxy groups -OCH3 is 2. The van der Waals surface area contributed by atoms with Crippen molar-refractivity contribution in [3.05, 3.63) is 167 Å². The highest BCUT2D eigenvalue weighted by molar-refractivity contribution is 7.19. The molecule has 0 fully saturated rings. The van der Waals surface area contributed by atoms with Crippen LogP contribution < -0.4 is 16.8 Å². The number of phenols is 3. The van der Waals surface area contributed by atoms with Gasteiger partial charge in [-0.2, -0.15) is 0 Å². The molecule has 7 aromatic rings. The minimum atomic E-state index is -1.02. The van der Waals surface area contributed by atoms with Crippen molar-refractivity contribution in [2.45, 2.75) is 37.4 Å². The molecule has 0 bridgehead atoms. The van der Waals surface area contributed by atoms with Crippen molar-refractivity contribution in [3.8, 4) is 38.1 Å². The second kappa shape index (κ2) is 27.6. The topological polar surface area (TPSA) is 240 Å². The Kier molecular flexibility index (Phi) is 22.4. The first kappa shape index (κ1) is 52.8. The zero-order valence-electron chi connectivity index (χ0n) is 35.2. The van der Waals surface area contributed by atoms with E-state index in [1.165, 1.54) is 54.6 Å². The molecule has 2 heterocycles. The average Bonchev–Trinajstić information content (AvgIpc) is 3.98. The van der Waals surface area contributed by atoms with Crippen molar-refractivity contribution in [2.24, 2.45) is 11.5 Å². The fourth-order valence-corrected chi connectivity index (χ4v) is 7.33. The van der Waals surface area contributed by atoms with Crippen molar-refractivity contribution in [1.29, 1.82) is 0 Å². The Labute approximate surface area is 395 Å². The highest BCUT2D eigenvalue weighted by Gasteiger charge is 2.21. The number of phenolic OH excluding ortho intramolecular Hbond substituents is 3. The average molecular weight is 963 g/mol. The molecular formula is C47H49Cl2N5O9S2. The van der Waals surface area contributed by atoms with Gasteiger partial charge in [0.25, 0.3) is 0 Å². The number of carboxylic acid groups (broad SMARTS) is 1. The van der Waals surface area contributed by atoms with Gasteiger partial charge < -0.3 is 46.7 Å². The summed E-state index contributed by atoms with van der Waals surface area (Å²) in [6.07, 6.45) is 4.70. The number of carbonyl (C=O) groups excluding carboxylic acids is 2. The number of carbonyl (C=O) groups is 3. The molecule has 0 saturated carbocycles. The molecule has 0 radical (unpaired) electrons. The number of aromatic nitrogens is 2. The number of thiazole rings is 2. The van der Waals surface area contributed by atoms with Gasteiger partial charge in [0.05, 0.1) is 24.0 Å². The highest BCUT2D eigenvalue weighted by Crippen LogP contribution is 2.30. The Morgan fingerprint density at radius 1 is 0.600 bits per heavy atom. The van der Waals surface area contributed by atoms with E-state index in [9.17, 15) is 19.5 Å². The molecule has 9 N–H and O–H groups in total. The van der Waals surface area contributed by atoms with E-state index in [2.05, 4.69) is 20.0 Å². The molecule has 342 valence electrons. The van der Waals surface area contributed by atoms with Gasteiger partial charge in [0.2, 0.25) is 0 Å². The fourth-order valence-electron chi connectivity index (χ4n) is 5.51. The number of carboxylic acids is 1. The quantitative estimate of drug-likeness (QED) is 0.0538. The summed E-state index contributed by atoms with van der Waals surface area (Å²) in [6, 6.07) is 37.6. The van der Waals surface area contributed by atoms with E-state index < -0.39 is 30.1 Å². The normalized spacial score (nSPS) is 11.5. The van der Waals surface area contributed by atoms with Gasteiger partial charge in [-0.15, -0.1) is 23.7 Å². The van der Waals surface area contributed by atoms with Crippen molar-refractivity contribution < 1.29 is 44.3 Å². The summed E-state index contributed by atoms with van der Waals surface area (Å²) in [5.74, 6) is -1.26. The number of nitrogens with zero attached hydrogens (tertiary/aromatic N) is 2. The maximum atomic E-state index is 12.1. The lowest BCUT2D eigenvalue weighted by Crippen LogP contribution is -2.33. The number of rotatable bonds is 13. The molecule has 0 spiro atoms. The Hall–Kier alpha value is -6.53. The fraction of sp³-hybridized carbons (Fsp3) is 0.170. The monoisotopic (exact) mass is 961 g/mol. The van der Waals surface area contributed by atoms with E-state index in [4.69, 9.17) is 43.1 Å². The zero-order valence-corrected chi connectivity index (χ0v) is 38.4. The number of nitrogens with one attached hydrogen (secondary N) is 1. The molecule has 18 heteroatoms. The SMILES string of the molecule is COC(=O)[C@@H](N)Cc1ccc(O)cc1.COC(=O)[C@H](Cc1ccc(O)cc1)Nc1ncc(-c2ccccc2)s1.Cl.Clc1ncc(-c2ccccc2)s1.N[C@@H](Cc1ccc(O)cc1)C(=O)O. The molecule has 65 heavy (non-hydrogen) atoms. The second-order valence-electron chi connectivity index (χ2n) is 13.6. The summed E-state index contributed by atoms with van der Waals surface area (Å²) in [7, 11) is 2.67. The van der Waals surface area contributed by atoms with Crippen molar-refractivity contribution in [2.75, 3.05) is 19.5 Å². The van der Waals surface area contributed by atoms with E-state index in [-0.39, 0.29) is 42.0 Å². The van der Waals surface area contributed by atoms with Gasteiger partial charge in [-0.1, -0.05) is 120 Å². The third-order valence-electron chi connectivity index (χ3n) is 8.86. The van der Waals surface area contributed by atoms with Gasteiger partial charge in [-0.25, -0.2) is 14.8 Å². The summed E-state index contributed by atoms with van der Waals surface area (Å²) in [4.78, 5) is 44.0. The molecular weight excluding hydrogens is 914 g/mol. The number of nitrogens with two attached hydrogens (primary N) is 2. The number of aliphatic carboxylic acids is 1. The highest BCUT2D eigenvalue weighted by atomic mass is 35.5. The lowest BCUT2D eigenvalue weighted by Gasteiger charge is -2.15. The van der Waals surface area contributed by atoms with Crippen LogP contribution in [0.15, 0.2) is 146 Å². The molecule has 0 aliphatic rings. The first-order valence-corrected chi connectivity index (χ1v) is 21.4. The summed E-state index contributed by atoms with van der Waals surface area (Å²) in [6.45, 7) is 0. The maximum Gasteiger partial charge on any atom is 0.328 e. The number of anilines is 1. The zero-order chi connectivity index (χ0) is 46.4.